The molecule has 0 saturated heterocycles. The van der Waals surface area contributed by atoms with Gasteiger partial charge in [-0.25, -0.2) is 4.98 Å². The summed E-state index contributed by atoms with van der Waals surface area (Å²) in [5, 5.41) is 0. The summed E-state index contributed by atoms with van der Waals surface area (Å²) in [6.45, 7) is 0. The van der Waals surface area contributed by atoms with Crippen LogP contribution in [0.25, 0.3) is 0 Å². The first-order valence-electron chi connectivity index (χ1n) is 2.74. The third-order valence-corrected chi connectivity index (χ3v) is 1.32. The number of ether oxygens (including phenoxy) is 1. The Morgan fingerprint density at radius 3 is 3.10 bits per heavy atom. The Morgan fingerprint density at radius 1 is 1.70 bits per heavy atom. The molecule has 0 unspecified atom stereocenters. The van der Waals surface area contributed by atoms with Crippen LogP contribution in [0, 0.1) is 0 Å². The van der Waals surface area contributed by atoms with E-state index in [1.165, 1.54) is 0 Å². The predicted octanol–water partition coefficient (Wildman–Crippen LogP) is 1.44. The molecule has 0 fully saturated rings. The smallest absolute Gasteiger partial charge is 0.166 e. The van der Waals surface area contributed by atoms with Gasteiger partial charge in [0.25, 0.3) is 0 Å². The third kappa shape index (κ3) is 1.73. The summed E-state index contributed by atoms with van der Waals surface area (Å²) in [7, 11) is 0. The number of nitrogen functional groups attached to an aromatic ring is 1. The lowest BCUT2D eigenvalue weighted by atomic mass is 10.4. The average molecular weight is 250 g/mol. The first-order valence-corrected chi connectivity index (χ1v) is 4.26. The minimum atomic E-state index is 0.444. The van der Waals surface area contributed by atoms with E-state index in [1.807, 2.05) is 0 Å². The van der Waals surface area contributed by atoms with Crippen LogP contribution in [0.5, 0.6) is 5.75 Å². The molecule has 0 aliphatic carbocycles. The molecule has 1 rings (SSSR count). The molecule has 0 aromatic carbocycles. The Hall–Kier alpha value is -0.520. The molecule has 1 aromatic rings. The van der Waals surface area contributed by atoms with Crippen molar-refractivity contribution in [2.45, 2.75) is 0 Å². The van der Waals surface area contributed by atoms with Gasteiger partial charge < -0.3 is 10.5 Å². The van der Waals surface area contributed by atoms with Gasteiger partial charge in [-0.1, -0.05) is 0 Å². The van der Waals surface area contributed by atoms with E-state index >= 15 is 0 Å². The van der Waals surface area contributed by atoms with Crippen LogP contribution in [-0.4, -0.2) is 9.60 Å². The molecule has 0 aliphatic rings. The van der Waals surface area contributed by atoms with Crippen molar-refractivity contribution in [3.63, 3.8) is 0 Å². The summed E-state index contributed by atoms with van der Waals surface area (Å²) in [5.41, 5.74) is 5.47. The van der Waals surface area contributed by atoms with Gasteiger partial charge in [-0.2, -0.15) is 0 Å². The molecule has 2 N–H and O–H groups in total. The lowest BCUT2D eigenvalue weighted by Gasteiger charge is -2.02. The van der Waals surface area contributed by atoms with Crippen molar-refractivity contribution in [2.75, 3.05) is 10.3 Å². The second-order valence-corrected chi connectivity index (χ2v) is 2.26. The molecular formula is C6H7IN2O. The van der Waals surface area contributed by atoms with Gasteiger partial charge in [-0.05, 0) is 34.7 Å². The summed E-state index contributed by atoms with van der Waals surface area (Å²) >= 11 is 2.10. The number of hydrogen-bond acceptors (Lipinski definition) is 3. The number of anilines is 1. The van der Waals surface area contributed by atoms with Crippen molar-refractivity contribution in [2.24, 2.45) is 0 Å². The zero-order valence-electron chi connectivity index (χ0n) is 5.25. The fraction of sp³-hybridized carbons (Fsp3) is 0.167. The van der Waals surface area contributed by atoms with E-state index in [9.17, 15) is 0 Å². The first-order chi connectivity index (χ1) is 4.84. The van der Waals surface area contributed by atoms with Crippen molar-refractivity contribution in [1.82, 2.24) is 4.98 Å². The Balaban J connectivity index is 2.81. The van der Waals surface area contributed by atoms with E-state index in [2.05, 4.69) is 27.6 Å². The molecular weight excluding hydrogens is 243 g/mol. The molecule has 54 valence electrons. The van der Waals surface area contributed by atoms with Crippen LogP contribution in [0.4, 0.5) is 5.82 Å². The number of nitrogens with zero attached hydrogens (tertiary/aromatic N) is 1. The number of aromatic nitrogens is 1. The van der Waals surface area contributed by atoms with E-state index in [0.29, 0.717) is 16.2 Å². The summed E-state index contributed by atoms with van der Waals surface area (Å²) in [6.07, 6.45) is 1.63. The zero-order chi connectivity index (χ0) is 7.40. The van der Waals surface area contributed by atoms with Gasteiger partial charge in [0.2, 0.25) is 0 Å². The molecule has 0 bridgehead atoms. The molecule has 3 nitrogen and oxygen atoms in total. The van der Waals surface area contributed by atoms with Crippen LogP contribution in [0.15, 0.2) is 18.3 Å². The maximum atomic E-state index is 5.47. The maximum absolute atomic E-state index is 5.47. The lowest BCUT2D eigenvalue weighted by molar-refractivity contribution is 0.405. The Morgan fingerprint density at radius 2 is 2.50 bits per heavy atom. The zero-order valence-corrected chi connectivity index (χ0v) is 7.41. The quantitative estimate of drug-likeness (QED) is 0.638. The van der Waals surface area contributed by atoms with Crippen molar-refractivity contribution >= 4 is 28.4 Å². The second-order valence-electron chi connectivity index (χ2n) is 1.64. The molecule has 0 radical (unpaired) electrons. The van der Waals surface area contributed by atoms with Crippen LogP contribution in [0.1, 0.15) is 0 Å². The van der Waals surface area contributed by atoms with Crippen LogP contribution >= 0.6 is 22.6 Å². The normalized spacial score (nSPS) is 9.30. The number of nitrogens with two attached hydrogens (primary N) is 1. The van der Waals surface area contributed by atoms with Crippen LogP contribution in [0.3, 0.4) is 0 Å². The largest absolute Gasteiger partial charge is 0.479 e. The Kier molecular flexibility index (Phi) is 2.73. The fourth-order valence-electron chi connectivity index (χ4n) is 0.584. The Bertz CT molecular complexity index is 217. The minimum absolute atomic E-state index is 0.444. The van der Waals surface area contributed by atoms with Crippen LogP contribution in [0.2, 0.25) is 0 Å². The predicted molar refractivity (Wildman–Crippen MR) is 48.2 cm³/mol. The second kappa shape index (κ2) is 3.60. The van der Waals surface area contributed by atoms with Crippen LogP contribution < -0.4 is 10.5 Å². The summed E-state index contributed by atoms with van der Waals surface area (Å²) < 4.78 is 5.73. The molecule has 0 spiro atoms. The number of rotatable bonds is 2. The van der Waals surface area contributed by atoms with Crippen LogP contribution in [-0.2, 0) is 0 Å². The first kappa shape index (κ1) is 7.59. The number of hydrogen-bond donors (Lipinski definition) is 1. The van der Waals surface area contributed by atoms with Gasteiger partial charge in [-0.3, -0.25) is 0 Å². The van der Waals surface area contributed by atoms with Crippen molar-refractivity contribution in [3.8, 4) is 5.75 Å². The minimum Gasteiger partial charge on any atom is -0.479 e. The highest BCUT2D eigenvalue weighted by Crippen LogP contribution is 2.16. The van der Waals surface area contributed by atoms with E-state index in [4.69, 9.17) is 10.5 Å². The average Bonchev–Trinajstić information content (AvgIpc) is 1.94. The van der Waals surface area contributed by atoms with Crippen molar-refractivity contribution in [1.29, 1.82) is 0 Å². The van der Waals surface area contributed by atoms with Gasteiger partial charge >= 0.3 is 0 Å². The summed E-state index contributed by atoms with van der Waals surface area (Å²) in [4.78, 5) is 3.85. The van der Waals surface area contributed by atoms with Gasteiger partial charge in [0.05, 0.1) is 0 Å². The topological polar surface area (TPSA) is 48.1 Å². The fourth-order valence-corrected chi connectivity index (χ4v) is 0.919. The number of alkyl halides is 1. The summed E-state index contributed by atoms with van der Waals surface area (Å²) in [5.74, 6) is 1.09. The number of pyridine rings is 1. The molecule has 0 saturated carbocycles. The summed E-state index contributed by atoms with van der Waals surface area (Å²) in [6, 6.07) is 3.58. The molecule has 1 heterocycles. The highest BCUT2D eigenvalue weighted by Gasteiger charge is 1.96. The van der Waals surface area contributed by atoms with E-state index in [-0.39, 0.29) is 0 Å². The molecule has 4 heteroatoms. The molecule has 0 amide bonds. The van der Waals surface area contributed by atoms with E-state index < -0.39 is 0 Å². The molecule has 0 atom stereocenters. The monoisotopic (exact) mass is 250 g/mol. The SMILES string of the molecule is Nc1ncccc1OCI. The number of halogens is 1. The highest BCUT2D eigenvalue weighted by atomic mass is 127. The third-order valence-electron chi connectivity index (χ3n) is 1.01. The van der Waals surface area contributed by atoms with Gasteiger partial charge in [0.15, 0.2) is 11.6 Å². The maximum Gasteiger partial charge on any atom is 0.166 e. The van der Waals surface area contributed by atoms with Gasteiger partial charge in [-0.15, -0.1) is 0 Å². The standard InChI is InChI=1S/C6H7IN2O/c7-4-10-5-2-1-3-9-6(5)8/h1-3H,4H2,(H2,8,9). The van der Waals surface area contributed by atoms with Crippen molar-refractivity contribution in [3.05, 3.63) is 18.3 Å². The molecule has 1 aromatic heterocycles. The van der Waals surface area contributed by atoms with Gasteiger partial charge in [0, 0.05) is 6.20 Å². The van der Waals surface area contributed by atoms with E-state index in [0.717, 1.165) is 0 Å². The molecule has 10 heavy (non-hydrogen) atoms. The Labute approximate surface area is 72.7 Å². The highest BCUT2D eigenvalue weighted by molar-refractivity contribution is 14.1. The van der Waals surface area contributed by atoms with E-state index in [1.54, 1.807) is 18.3 Å². The molecule has 0 aliphatic heterocycles. The lowest BCUT2D eigenvalue weighted by Crippen LogP contribution is -1.96. The van der Waals surface area contributed by atoms with Crippen molar-refractivity contribution < 1.29 is 4.74 Å². The van der Waals surface area contributed by atoms with Gasteiger partial charge in [0.1, 0.15) is 4.61 Å².